The van der Waals surface area contributed by atoms with E-state index >= 15 is 0 Å². The summed E-state index contributed by atoms with van der Waals surface area (Å²) in [7, 11) is 0. The smallest absolute Gasteiger partial charge is 0.271 e. The average Bonchev–Trinajstić information content (AvgIpc) is 2.95. The molecule has 0 fully saturated rings. The van der Waals surface area contributed by atoms with Crippen LogP contribution in [0.25, 0.3) is 0 Å². The number of phenols is 1. The van der Waals surface area contributed by atoms with Crippen molar-refractivity contribution < 1.29 is 19.4 Å². The van der Waals surface area contributed by atoms with Crippen molar-refractivity contribution in [3.05, 3.63) is 52.0 Å². The number of hydrogen-bond acceptors (Lipinski definition) is 5. The standard InChI is InChI=1S/C15H11BrN2O4/c16-12-6-14-13(21-8-22-14)5-10(12)7-17-18-15(20)9-1-3-11(19)4-2-9/h1-7,19H,8H2,(H,18,20)/b17-7+. The molecule has 0 atom stereocenters. The average molecular weight is 363 g/mol. The van der Waals surface area contributed by atoms with Gasteiger partial charge in [0.2, 0.25) is 6.79 Å². The summed E-state index contributed by atoms with van der Waals surface area (Å²) >= 11 is 3.40. The second-order valence-electron chi connectivity index (χ2n) is 4.47. The van der Waals surface area contributed by atoms with Gasteiger partial charge < -0.3 is 14.6 Å². The predicted molar refractivity (Wildman–Crippen MR) is 83.4 cm³/mol. The van der Waals surface area contributed by atoms with E-state index in [0.717, 1.165) is 10.0 Å². The largest absolute Gasteiger partial charge is 0.508 e. The van der Waals surface area contributed by atoms with Crippen molar-refractivity contribution in [2.24, 2.45) is 5.10 Å². The molecular weight excluding hydrogens is 352 g/mol. The molecule has 1 aliphatic heterocycles. The Morgan fingerprint density at radius 3 is 2.64 bits per heavy atom. The highest BCUT2D eigenvalue weighted by atomic mass is 79.9. The van der Waals surface area contributed by atoms with Gasteiger partial charge >= 0.3 is 0 Å². The Balaban J connectivity index is 1.70. The molecule has 6 nitrogen and oxygen atoms in total. The molecule has 0 saturated heterocycles. The van der Waals surface area contributed by atoms with Crippen LogP contribution in [0.1, 0.15) is 15.9 Å². The van der Waals surface area contributed by atoms with Gasteiger partial charge in [0.05, 0.1) is 6.21 Å². The lowest BCUT2D eigenvalue weighted by Gasteiger charge is -2.02. The van der Waals surface area contributed by atoms with Crippen LogP contribution < -0.4 is 14.9 Å². The highest BCUT2D eigenvalue weighted by molar-refractivity contribution is 9.10. The number of ether oxygens (including phenoxy) is 2. The Labute approximate surface area is 134 Å². The number of hydrogen-bond donors (Lipinski definition) is 2. The molecule has 0 aromatic heterocycles. The Kier molecular flexibility index (Phi) is 3.97. The number of phenolic OH excluding ortho intramolecular Hbond substituents is 1. The zero-order valence-electron chi connectivity index (χ0n) is 11.2. The van der Waals surface area contributed by atoms with Gasteiger partial charge in [0, 0.05) is 15.6 Å². The van der Waals surface area contributed by atoms with E-state index in [1.54, 1.807) is 12.1 Å². The van der Waals surface area contributed by atoms with Crippen molar-refractivity contribution in [1.29, 1.82) is 0 Å². The van der Waals surface area contributed by atoms with Gasteiger partial charge in [-0.05, 0) is 52.3 Å². The number of nitrogens with one attached hydrogen (secondary N) is 1. The summed E-state index contributed by atoms with van der Waals surface area (Å²) in [6, 6.07) is 9.45. The van der Waals surface area contributed by atoms with Crippen LogP contribution in [0, 0.1) is 0 Å². The van der Waals surface area contributed by atoms with Crippen LogP contribution in [-0.4, -0.2) is 24.0 Å². The second-order valence-corrected chi connectivity index (χ2v) is 5.33. The third kappa shape index (κ3) is 3.04. The van der Waals surface area contributed by atoms with E-state index < -0.39 is 0 Å². The summed E-state index contributed by atoms with van der Waals surface area (Å²) in [5.41, 5.74) is 3.57. The van der Waals surface area contributed by atoms with Gasteiger partial charge in [-0.15, -0.1) is 0 Å². The van der Waals surface area contributed by atoms with Crippen molar-refractivity contribution in [2.75, 3.05) is 6.79 Å². The van der Waals surface area contributed by atoms with E-state index in [0.29, 0.717) is 17.1 Å². The lowest BCUT2D eigenvalue weighted by atomic mass is 10.2. The molecule has 3 rings (SSSR count). The Morgan fingerprint density at radius 2 is 1.91 bits per heavy atom. The molecular formula is C15H11BrN2O4. The van der Waals surface area contributed by atoms with Crippen molar-refractivity contribution in [3.63, 3.8) is 0 Å². The van der Waals surface area contributed by atoms with E-state index in [1.807, 2.05) is 0 Å². The number of nitrogens with zero attached hydrogens (tertiary/aromatic N) is 1. The molecule has 0 unspecified atom stereocenters. The van der Waals surface area contributed by atoms with Crippen molar-refractivity contribution in [3.8, 4) is 17.2 Å². The molecule has 7 heteroatoms. The minimum Gasteiger partial charge on any atom is -0.508 e. The van der Waals surface area contributed by atoms with Gasteiger partial charge in [-0.1, -0.05) is 0 Å². The summed E-state index contributed by atoms with van der Waals surface area (Å²) in [5.74, 6) is 1.03. The number of fused-ring (bicyclic) bond motifs is 1. The maximum Gasteiger partial charge on any atom is 0.271 e. The molecule has 2 aromatic rings. The number of halogens is 1. The molecule has 1 amide bonds. The zero-order chi connectivity index (χ0) is 15.5. The summed E-state index contributed by atoms with van der Waals surface area (Å²) in [4.78, 5) is 11.9. The molecule has 1 heterocycles. The number of rotatable bonds is 3. The number of aromatic hydroxyl groups is 1. The molecule has 0 spiro atoms. The molecule has 0 bridgehead atoms. The quantitative estimate of drug-likeness (QED) is 0.649. The first-order valence-electron chi connectivity index (χ1n) is 6.35. The normalized spacial score (nSPS) is 12.6. The van der Waals surface area contributed by atoms with Crippen molar-refractivity contribution >= 4 is 28.1 Å². The number of hydrazone groups is 1. The minimum atomic E-state index is -0.367. The fourth-order valence-electron chi connectivity index (χ4n) is 1.87. The third-order valence-corrected chi connectivity index (χ3v) is 3.68. The number of carbonyl (C=O) groups excluding carboxylic acids is 1. The first kappa shape index (κ1) is 14.4. The van der Waals surface area contributed by atoms with Gasteiger partial charge in [0.15, 0.2) is 11.5 Å². The van der Waals surface area contributed by atoms with Crippen molar-refractivity contribution in [1.82, 2.24) is 5.43 Å². The Bertz CT molecular complexity index is 744. The molecule has 2 N–H and O–H groups in total. The fourth-order valence-corrected chi connectivity index (χ4v) is 2.29. The van der Waals surface area contributed by atoms with E-state index in [9.17, 15) is 9.90 Å². The lowest BCUT2D eigenvalue weighted by Crippen LogP contribution is -2.17. The molecule has 0 saturated carbocycles. The molecule has 1 aliphatic rings. The monoisotopic (exact) mass is 362 g/mol. The molecule has 2 aromatic carbocycles. The second kappa shape index (κ2) is 6.07. The number of benzene rings is 2. The lowest BCUT2D eigenvalue weighted by molar-refractivity contribution is 0.0955. The van der Waals surface area contributed by atoms with Crippen LogP contribution in [0.3, 0.4) is 0 Å². The van der Waals surface area contributed by atoms with Crippen LogP contribution in [0.4, 0.5) is 0 Å². The van der Waals surface area contributed by atoms with E-state index in [-0.39, 0.29) is 18.4 Å². The molecule has 0 aliphatic carbocycles. The fraction of sp³-hybridized carbons (Fsp3) is 0.0667. The van der Waals surface area contributed by atoms with Gasteiger partial charge in [-0.25, -0.2) is 5.43 Å². The predicted octanol–water partition coefficient (Wildman–Crippen LogP) is 2.65. The summed E-state index contributed by atoms with van der Waals surface area (Å²) in [6.45, 7) is 0.194. The van der Waals surface area contributed by atoms with Crippen LogP contribution in [0.5, 0.6) is 17.2 Å². The Morgan fingerprint density at radius 1 is 1.23 bits per heavy atom. The molecule has 22 heavy (non-hydrogen) atoms. The first-order chi connectivity index (χ1) is 10.6. The number of carbonyl (C=O) groups is 1. The van der Waals surface area contributed by atoms with Crippen LogP contribution in [-0.2, 0) is 0 Å². The van der Waals surface area contributed by atoms with Gasteiger partial charge in [-0.2, -0.15) is 5.10 Å². The highest BCUT2D eigenvalue weighted by Gasteiger charge is 2.15. The maximum atomic E-state index is 11.9. The number of amides is 1. The minimum absolute atomic E-state index is 0.101. The maximum absolute atomic E-state index is 11.9. The highest BCUT2D eigenvalue weighted by Crippen LogP contribution is 2.36. The van der Waals surface area contributed by atoms with E-state index in [1.165, 1.54) is 30.5 Å². The summed E-state index contributed by atoms with van der Waals surface area (Å²) in [5, 5.41) is 13.1. The third-order valence-electron chi connectivity index (χ3n) is 2.99. The SMILES string of the molecule is O=C(N/N=C/c1cc2c(cc1Br)OCO2)c1ccc(O)cc1. The van der Waals surface area contributed by atoms with Gasteiger partial charge in [0.1, 0.15) is 5.75 Å². The summed E-state index contributed by atoms with van der Waals surface area (Å²) in [6.07, 6.45) is 1.50. The first-order valence-corrected chi connectivity index (χ1v) is 7.14. The van der Waals surface area contributed by atoms with E-state index in [4.69, 9.17) is 9.47 Å². The van der Waals surface area contributed by atoms with Crippen molar-refractivity contribution in [2.45, 2.75) is 0 Å². The molecule has 112 valence electrons. The van der Waals surface area contributed by atoms with E-state index in [2.05, 4.69) is 26.5 Å². The van der Waals surface area contributed by atoms with Crippen LogP contribution in [0.15, 0.2) is 46.0 Å². The van der Waals surface area contributed by atoms with Crippen LogP contribution >= 0.6 is 15.9 Å². The topological polar surface area (TPSA) is 80.2 Å². The van der Waals surface area contributed by atoms with Gasteiger partial charge in [0.25, 0.3) is 5.91 Å². The molecule has 0 radical (unpaired) electrons. The van der Waals surface area contributed by atoms with Gasteiger partial charge in [-0.3, -0.25) is 4.79 Å². The Hall–Kier alpha value is -2.54. The summed E-state index contributed by atoms with van der Waals surface area (Å²) < 4.78 is 11.3. The van der Waals surface area contributed by atoms with Crippen LogP contribution in [0.2, 0.25) is 0 Å². The zero-order valence-corrected chi connectivity index (χ0v) is 12.8.